The van der Waals surface area contributed by atoms with Gasteiger partial charge < -0.3 is 4.74 Å². The third kappa shape index (κ3) is 7.37. The highest BCUT2D eigenvalue weighted by atomic mass is 19.1. The number of hydrogen-bond acceptors (Lipinski definition) is 1. The highest BCUT2D eigenvalue weighted by Crippen LogP contribution is 2.34. The van der Waals surface area contributed by atoms with E-state index < -0.39 is 0 Å². The van der Waals surface area contributed by atoms with Gasteiger partial charge in [0.05, 0.1) is 6.61 Å². The predicted octanol–water partition coefficient (Wildman–Crippen LogP) is 6.76. The lowest BCUT2D eigenvalue weighted by Gasteiger charge is -2.28. The third-order valence-electron chi connectivity index (χ3n) is 5.27. The highest BCUT2D eigenvalue weighted by molar-refractivity contribution is 5.21. The monoisotopic (exact) mass is 320 g/mol. The Hall–Kier alpha value is -1.05. The average molecular weight is 320 g/mol. The average Bonchev–Trinajstić information content (AvgIpc) is 2.58. The van der Waals surface area contributed by atoms with Gasteiger partial charge >= 0.3 is 0 Å². The Morgan fingerprint density at radius 3 is 2.09 bits per heavy atom. The van der Waals surface area contributed by atoms with Gasteiger partial charge in [0, 0.05) is 0 Å². The lowest BCUT2D eigenvalue weighted by atomic mass is 9.78. The van der Waals surface area contributed by atoms with Gasteiger partial charge in [0.25, 0.3) is 0 Å². The molecule has 0 amide bonds. The molecule has 0 aromatic heterocycles. The Morgan fingerprint density at radius 1 is 0.870 bits per heavy atom. The van der Waals surface area contributed by atoms with Crippen LogP contribution in [0.25, 0.3) is 0 Å². The molecule has 1 aliphatic carbocycles. The fourth-order valence-corrected chi connectivity index (χ4v) is 3.76. The normalized spacial score (nSPS) is 21.3. The highest BCUT2D eigenvalue weighted by Gasteiger charge is 2.20. The molecule has 0 N–H and O–H groups in total. The van der Waals surface area contributed by atoms with E-state index in [0.29, 0.717) is 0 Å². The fraction of sp³-hybridized carbons (Fsp3) is 0.714. The Bertz CT molecular complexity index is 406. The van der Waals surface area contributed by atoms with Gasteiger partial charge in [-0.2, -0.15) is 0 Å². The van der Waals surface area contributed by atoms with Gasteiger partial charge in [0.2, 0.25) is 0 Å². The van der Waals surface area contributed by atoms with Crippen LogP contribution in [-0.2, 0) is 0 Å². The zero-order valence-electron chi connectivity index (χ0n) is 14.7. The second kappa shape index (κ2) is 10.7. The van der Waals surface area contributed by atoms with Crippen LogP contribution < -0.4 is 4.74 Å². The number of unbranched alkanes of at least 4 members (excludes halogenated alkanes) is 3. The van der Waals surface area contributed by atoms with Crippen LogP contribution in [0.3, 0.4) is 0 Å². The van der Waals surface area contributed by atoms with Crippen molar-refractivity contribution in [2.75, 3.05) is 6.61 Å². The zero-order valence-corrected chi connectivity index (χ0v) is 14.7. The summed E-state index contributed by atoms with van der Waals surface area (Å²) in [7, 11) is 0. The molecule has 0 atom stereocenters. The van der Waals surface area contributed by atoms with E-state index in [-0.39, 0.29) is 5.82 Å². The number of hydrogen-bond donors (Lipinski definition) is 0. The molecule has 0 radical (unpaired) electrons. The SMILES string of the molecule is CCCCCC[C@H]1CC[C@H](CCCOc2ccc(F)cc2)CC1. The molecule has 0 spiro atoms. The van der Waals surface area contributed by atoms with E-state index in [0.717, 1.165) is 30.6 Å². The Labute approximate surface area is 141 Å². The third-order valence-corrected chi connectivity index (χ3v) is 5.27. The molecule has 1 nitrogen and oxygen atoms in total. The predicted molar refractivity (Wildman–Crippen MR) is 95.3 cm³/mol. The summed E-state index contributed by atoms with van der Waals surface area (Å²) in [6.07, 6.45) is 15.2. The molecule has 1 aliphatic rings. The Morgan fingerprint density at radius 2 is 1.48 bits per heavy atom. The van der Waals surface area contributed by atoms with Crippen molar-refractivity contribution < 1.29 is 9.13 Å². The van der Waals surface area contributed by atoms with Gasteiger partial charge in [-0.3, -0.25) is 0 Å². The molecule has 0 unspecified atom stereocenters. The minimum atomic E-state index is -0.205. The summed E-state index contributed by atoms with van der Waals surface area (Å²) < 4.78 is 18.5. The summed E-state index contributed by atoms with van der Waals surface area (Å²) in [5.41, 5.74) is 0. The first-order valence-corrected chi connectivity index (χ1v) is 9.66. The van der Waals surface area contributed by atoms with Gasteiger partial charge in [0.15, 0.2) is 0 Å². The number of halogens is 1. The van der Waals surface area contributed by atoms with Crippen LogP contribution in [0.5, 0.6) is 5.75 Å². The minimum absolute atomic E-state index is 0.205. The van der Waals surface area contributed by atoms with Gasteiger partial charge in [-0.1, -0.05) is 64.7 Å². The van der Waals surface area contributed by atoms with Crippen LogP contribution in [0.1, 0.15) is 77.6 Å². The van der Waals surface area contributed by atoms with E-state index in [1.165, 1.54) is 76.3 Å². The standard InChI is InChI=1S/C21H33FO/c1-2-3-4-5-7-18-9-11-19(12-10-18)8-6-17-23-21-15-13-20(22)14-16-21/h13-16,18-19H,2-12,17H2,1H3/t18-,19-. The molecule has 1 fully saturated rings. The van der Waals surface area contributed by atoms with Crippen LogP contribution in [0.2, 0.25) is 0 Å². The number of ether oxygens (including phenoxy) is 1. The molecule has 0 saturated heterocycles. The lowest BCUT2D eigenvalue weighted by Crippen LogP contribution is -2.15. The number of benzene rings is 1. The quantitative estimate of drug-likeness (QED) is 0.433. The summed E-state index contributed by atoms with van der Waals surface area (Å²) >= 11 is 0. The summed E-state index contributed by atoms with van der Waals surface area (Å²) in [6, 6.07) is 6.33. The first-order valence-electron chi connectivity index (χ1n) is 9.66. The van der Waals surface area contributed by atoms with Crippen LogP contribution >= 0.6 is 0 Å². The molecule has 1 aromatic rings. The van der Waals surface area contributed by atoms with Crippen LogP contribution in [0.15, 0.2) is 24.3 Å². The maximum Gasteiger partial charge on any atom is 0.123 e. The lowest BCUT2D eigenvalue weighted by molar-refractivity contribution is 0.228. The van der Waals surface area contributed by atoms with Crippen molar-refractivity contribution >= 4 is 0 Å². The van der Waals surface area contributed by atoms with E-state index in [2.05, 4.69) is 6.92 Å². The summed E-state index contributed by atoms with van der Waals surface area (Å²) in [4.78, 5) is 0. The molecule has 1 aromatic carbocycles. The van der Waals surface area contributed by atoms with Crippen LogP contribution in [0, 0.1) is 17.7 Å². The molecule has 0 aliphatic heterocycles. The molecule has 23 heavy (non-hydrogen) atoms. The minimum Gasteiger partial charge on any atom is -0.494 e. The zero-order chi connectivity index (χ0) is 16.3. The molecule has 0 heterocycles. The summed E-state index contributed by atoms with van der Waals surface area (Å²) in [5.74, 6) is 2.48. The first kappa shape index (κ1) is 18.3. The largest absolute Gasteiger partial charge is 0.494 e. The van der Waals surface area contributed by atoms with E-state index in [4.69, 9.17) is 4.74 Å². The maximum absolute atomic E-state index is 12.8. The van der Waals surface area contributed by atoms with Crippen molar-refractivity contribution in [3.8, 4) is 5.75 Å². The molecular formula is C21H33FO. The number of rotatable bonds is 10. The van der Waals surface area contributed by atoms with Crippen molar-refractivity contribution in [1.29, 1.82) is 0 Å². The van der Waals surface area contributed by atoms with E-state index in [9.17, 15) is 4.39 Å². The van der Waals surface area contributed by atoms with Crippen molar-refractivity contribution in [2.45, 2.75) is 77.6 Å². The molecule has 1 saturated carbocycles. The van der Waals surface area contributed by atoms with Crippen LogP contribution in [0.4, 0.5) is 4.39 Å². The van der Waals surface area contributed by atoms with Gasteiger partial charge in [-0.05, 0) is 48.9 Å². The van der Waals surface area contributed by atoms with Gasteiger partial charge in [-0.15, -0.1) is 0 Å². The molecule has 2 rings (SSSR count). The van der Waals surface area contributed by atoms with Gasteiger partial charge in [0.1, 0.15) is 11.6 Å². The summed E-state index contributed by atoms with van der Waals surface area (Å²) in [6.45, 7) is 3.04. The first-order chi connectivity index (χ1) is 11.3. The van der Waals surface area contributed by atoms with Crippen LogP contribution in [-0.4, -0.2) is 6.61 Å². The second-order valence-corrected chi connectivity index (χ2v) is 7.18. The fourth-order valence-electron chi connectivity index (χ4n) is 3.76. The maximum atomic E-state index is 12.8. The second-order valence-electron chi connectivity index (χ2n) is 7.18. The smallest absolute Gasteiger partial charge is 0.123 e. The van der Waals surface area contributed by atoms with Crippen molar-refractivity contribution in [2.24, 2.45) is 11.8 Å². The molecule has 130 valence electrons. The molecular weight excluding hydrogens is 287 g/mol. The van der Waals surface area contributed by atoms with E-state index in [1.807, 2.05) is 0 Å². The van der Waals surface area contributed by atoms with Crippen molar-refractivity contribution in [3.63, 3.8) is 0 Å². The molecule has 2 heteroatoms. The topological polar surface area (TPSA) is 9.23 Å². The van der Waals surface area contributed by atoms with Crippen molar-refractivity contribution in [1.82, 2.24) is 0 Å². The van der Waals surface area contributed by atoms with Crippen molar-refractivity contribution in [3.05, 3.63) is 30.1 Å². The summed E-state index contributed by atoms with van der Waals surface area (Å²) in [5, 5.41) is 0. The molecule has 0 bridgehead atoms. The van der Waals surface area contributed by atoms with E-state index >= 15 is 0 Å². The van der Waals surface area contributed by atoms with Gasteiger partial charge in [-0.25, -0.2) is 4.39 Å². The van der Waals surface area contributed by atoms with E-state index in [1.54, 1.807) is 12.1 Å². The Kier molecular flexibility index (Phi) is 8.49. The Balaban J connectivity index is 1.50.